The lowest BCUT2D eigenvalue weighted by Crippen LogP contribution is -2.06. The third-order valence-electron chi connectivity index (χ3n) is 3.58. The predicted octanol–water partition coefficient (Wildman–Crippen LogP) is 4.10. The number of hydrogen-bond acceptors (Lipinski definition) is 2. The van der Waals surface area contributed by atoms with Crippen molar-refractivity contribution in [3.63, 3.8) is 0 Å². The topological polar surface area (TPSA) is 26.3 Å². The highest BCUT2D eigenvalue weighted by atomic mass is 31.1. The molecule has 0 N–H and O–H groups in total. The highest BCUT2D eigenvalue weighted by molar-refractivity contribution is 7.48. The summed E-state index contributed by atoms with van der Waals surface area (Å²) < 4.78 is 18.1. The highest BCUT2D eigenvalue weighted by Crippen LogP contribution is 2.31. The van der Waals surface area contributed by atoms with Crippen molar-refractivity contribution in [3.05, 3.63) is 58.7 Å². The molecule has 0 radical (unpaired) electrons. The first kappa shape index (κ1) is 13.9. The Bertz CT molecular complexity index is 633. The fourth-order valence-corrected chi connectivity index (χ4v) is 3.23. The van der Waals surface area contributed by atoms with Crippen molar-refractivity contribution in [3.8, 4) is 5.75 Å². The van der Waals surface area contributed by atoms with Crippen LogP contribution in [0.1, 0.15) is 22.3 Å². The Hall–Kier alpha value is -1.53. The van der Waals surface area contributed by atoms with Crippen LogP contribution in [0.5, 0.6) is 5.75 Å². The quantitative estimate of drug-likeness (QED) is 0.788. The second kappa shape index (κ2) is 5.63. The van der Waals surface area contributed by atoms with E-state index in [2.05, 4.69) is 0 Å². The Morgan fingerprint density at radius 1 is 0.842 bits per heavy atom. The second-order valence-electron chi connectivity index (χ2n) is 4.84. The molecule has 0 bridgehead atoms. The Kier molecular flexibility index (Phi) is 4.11. The zero-order chi connectivity index (χ0) is 14.0. The van der Waals surface area contributed by atoms with Crippen LogP contribution in [-0.4, -0.2) is 0 Å². The summed E-state index contributed by atoms with van der Waals surface area (Å²) in [6.07, 6.45) is 0. The van der Waals surface area contributed by atoms with Crippen molar-refractivity contribution in [2.75, 3.05) is 0 Å². The summed E-state index contributed by atoms with van der Waals surface area (Å²) >= 11 is 0. The van der Waals surface area contributed by atoms with Crippen molar-refractivity contribution < 1.29 is 9.09 Å². The molecule has 1 unspecified atom stereocenters. The van der Waals surface area contributed by atoms with E-state index in [0.717, 1.165) is 27.6 Å². The maximum Gasteiger partial charge on any atom is 0.266 e. The van der Waals surface area contributed by atoms with Crippen LogP contribution in [0.3, 0.4) is 0 Å². The Labute approximate surface area is 115 Å². The average molecular weight is 274 g/mol. The SMILES string of the molecule is Cc1cccc(O[PH](=O)c2cccc(C)c2C)c1C. The molecule has 0 heterocycles. The molecule has 3 heteroatoms. The van der Waals surface area contributed by atoms with Crippen molar-refractivity contribution in [1.29, 1.82) is 0 Å². The van der Waals surface area contributed by atoms with Crippen molar-refractivity contribution in [2.45, 2.75) is 27.7 Å². The summed E-state index contributed by atoms with van der Waals surface area (Å²) in [6, 6.07) is 11.6. The number of aryl methyl sites for hydroxylation is 2. The van der Waals surface area contributed by atoms with E-state index in [1.807, 2.05) is 64.1 Å². The fraction of sp³-hybridized carbons (Fsp3) is 0.250. The van der Waals surface area contributed by atoms with Gasteiger partial charge in [0.2, 0.25) is 0 Å². The standard InChI is InChI=1S/C16H19O2P/c1-11-7-5-9-15(13(11)3)18-19(17)16-10-6-8-12(2)14(16)4/h5-10,19H,1-4H3. The van der Waals surface area contributed by atoms with Crippen LogP contribution in [0.4, 0.5) is 0 Å². The summed E-state index contributed by atoms with van der Waals surface area (Å²) in [6.45, 7) is 8.02. The van der Waals surface area contributed by atoms with Crippen molar-refractivity contribution in [2.24, 2.45) is 0 Å². The molecular weight excluding hydrogens is 255 g/mol. The van der Waals surface area contributed by atoms with Gasteiger partial charge < -0.3 is 4.52 Å². The van der Waals surface area contributed by atoms with Crippen LogP contribution in [-0.2, 0) is 4.57 Å². The second-order valence-corrected chi connectivity index (χ2v) is 6.15. The van der Waals surface area contributed by atoms with Gasteiger partial charge in [-0.2, -0.15) is 0 Å². The molecule has 0 saturated heterocycles. The first-order chi connectivity index (χ1) is 9.00. The van der Waals surface area contributed by atoms with Crippen LogP contribution in [0.15, 0.2) is 36.4 Å². The van der Waals surface area contributed by atoms with Gasteiger partial charge in [0.05, 0.1) is 0 Å². The van der Waals surface area contributed by atoms with Gasteiger partial charge in [-0.15, -0.1) is 0 Å². The van der Waals surface area contributed by atoms with Crippen LogP contribution in [0, 0.1) is 27.7 Å². The van der Waals surface area contributed by atoms with Crippen molar-refractivity contribution >= 4 is 13.3 Å². The van der Waals surface area contributed by atoms with Gasteiger partial charge in [-0.1, -0.05) is 24.3 Å². The lowest BCUT2D eigenvalue weighted by atomic mass is 10.1. The van der Waals surface area contributed by atoms with Gasteiger partial charge in [0.15, 0.2) is 0 Å². The molecule has 0 aliphatic carbocycles. The molecule has 2 aromatic carbocycles. The minimum atomic E-state index is -2.26. The van der Waals surface area contributed by atoms with E-state index in [1.165, 1.54) is 0 Å². The van der Waals surface area contributed by atoms with E-state index in [9.17, 15) is 4.57 Å². The molecule has 2 aromatic rings. The summed E-state index contributed by atoms with van der Waals surface area (Å²) in [5, 5.41) is 0.811. The first-order valence-electron chi connectivity index (χ1n) is 6.35. The van der Waals surface area contributed by atoms with E-state index in [-0.39, 0.29) is 0 Å². The van der Waals surface area contributed by atoms with E-state index in [0.29, 0.717) is 5.75 Å². The van der Waals surface area contributed by atoms with Crippen LogP contribution >= 0.6 is 8.03 Å². The predicted molar refractivity (Wildman–Crippen MR) is 81.1 cm³/mol. The van der Waals surface area contributed by atoms with Crippen LogP contribution < -0.4 is 9.83 Å². The largest absolute Gasteiger partial charge is 0.441 e. The summed E-state index contributed by atoms with van der Waals surface area (Å²) in [5.74, 6) is 0.713. The van der Waals surface area contributed by atoms with E-state index in [4.69, 9.17) is 4.52 Å². The van der Waals surface area contributed by atoms with Crippen molar-refractivity contribution in [1.82, 2.24) is 0 Å². The van der Waals surface area contributed by atoms with Crippen LogP contribution in [0.25, 0.3) is 0 Å². The zero-order valence-corrected chi connectivity index (χ0v) is 12.8. The molecule has 2 rings (SSSR count). The summed E-state index contributed by atoms with van der Waals surface area (Å²) in [7, 11) is -2.26. The summed E-state index contributed by atoms with van der Waals surface area (Å²) in [4.78, 5) is 0. The summed E-state index contributed by atoms with van der Waals surface area (Å²) in [5.41, 5.74) is 4.39. The minimum Gasteiger partial charge on any atom is -0.441 e. The van der Waals surface area contributed by atoms with Gasteiger partial charge in [0.25, 0.3) is 8.03 Å². The maximum absolute atomic E-state index is 12.4. The molecule has 0 fully saturated rings. The van der Waals surface area contributed by atoms with Gasteiger partial charge in [0.1, 0.15) is 5.75 Å². The van der Waals surface area contributed by atoms with Gasteiger partial charge in [0, 0.05) is 5.30 Å². The lowest BCUT2D eigenvalue weighted by molar-refractivity contribution is 0.512. The van der Waals surface area contributed by atoms with Crippen LogP contribution in [0.2, 0.25) is 0 Å². The molecule has 0 aliphatic rings. The molecule has 100 valence electrons. The molecule has 0 aromatic heterocycles. The molecular formula is C16H19O2P. The molecule has 0 amide bonds. The molecule has 0 spiro atoms. The fourth-order valence-electron chi connectivity index (χ4n) is 1.96. The van der Waals surface area contributed by atoms with Gasteiger partial charge in [-0.25, -0.2) is 0 Å². The Morgan fingerprint density at radius 2 is 1.42 bits per heavy atom. The monoisotopic (exact) mass is 274 g/mol. The average Bonchev–Trinajstić information content (AvgIpc) is 2.38. The maximum atomic E-state index is 12.4. The highest BCUT2D eigenvalue weighted by Gasteiger charge is 2.11. The van der Waals surface area contributed by atoms with Gasteiger partial charge in [-0.3, -0.25) is 4.57 Å². The zero-order valence-electron chi connectivity index (χ0n) is 11.8. The molecule has 1 atom stereocenters. The molecule has 0 aliphatic heterocycles. The third kappa shape index (κ3) is 2.90. The molecule has 19 heavy (non-hydrogen) atoms. The molecule has 2 nitrogen and oxygen atoms in total. The number of benzene rings is 2. The van der Waals surface area contributed by atoms with Gasteiger partial charge in [-0.05, 0) is 62.1 Å². The first-order valence-corrected chi connectivity index (χ1v) is 7.67. The number of hydrogen-bond donors (Lipinski definition) is 0. The van der Waals surface area contributed by atoms with E-state index >= 15 is 0 Å². The van der Waals surface area contributed by atoms with E-state index < -0.39 is 8.03 Å². The normalized spacial score (nSPS) is 12.2. The third-order valence-corrected chi connectivity index (χ3v) is 4.97. The number of rotatable bonds is 3. The minimum absolute atomic E-state index is 0.713. The lowest BCUT2D eigenvalue weighted by Gasteiger charge is -2.13. The Morgan fingerprint density at radius 3 is 2.11 bits per heavy atom. The molecule has 0 saturated carbocycles. The smallest absolute Gasteiger partial charge is 0.266 e. The Balaban J connectivity index is 2.31. The van der Waals surface area contributed by atoms with E-state index in [1.54, 1.807) is 0 Å². The van der Waals surface area contributed by atoms with Gasteiger partial charge >= 0.3 is 0 Å².